The zero-order valence-corrected chi connectivity index (χ0v) is 11.8. The summed E-state index contributed by atoms with van der Waals surface area (Å²) in [5, 5.41) is 12.3. The fraction of sp³-hybridized carbons (Fsp3) is 0.438. The number of aliphatic carboxylic acids is 1. The first-order chi connectivity index (χ1) is 10.1. The van der Waals surface area contributed by atoms with Crippen LogP contribution in [0.1, 0.15) is 24.9 Å². The third-order valence-electron chi connectivity index (χ3n) is 4.61. The molecule has 110 valence electrons. The number of amides is 1. The van der Waals surface area contributed by atoms with E-state index in [-0.39, 0.29) is 23.8 Å². The molecule has 0 aromatic carbocycles. The number of pyridine rings is 1. The Kier molecular flexibility index (Phi) is 3.49. The van der Waals surface area contributed by atoms with Crippen molar-refractivity contribution >= 4 is 11.9 Å². The predicted molar refractivity (Wildman–Crippen MR) is 76.1 cm³/mol. The first-order valence-electron chi connectivity index (χ1n) is 7.19. The molecule has 21 heavy (non-hydrogen) atoms. The van der Waals surface area contributed by atoms with E-state index in [0.29, 0.717) is 0 Å². The van der Waals surface area contributed by atoms with Gasteiger partial charge in [-0.3, -0.25) is 14.6 Å². The van der Waals surface area contributed by atoms with Crippen LogP contribution in [0, 0.1) is 23.7 Å². The largest absolute Gasteiger partial charge is 0.481 e. The summed E-state index contributed by atoms with van der Waals surface area (Å²) in [4.78, 5) is 27.9. The summed E-state index contributed by atoms with van der Waals surface area (Å²) in [5.74, 6) is -2.03. The number of carbonyl (C=O) groups is 2. The van der Waals surface area contributed by atoms with Gasteiger partial charge >= 0.3 is 5.97 Å². The quantitative estimate of drug-likeness (QED) is 0.827. The van der Waals surface area contributed by atoms with Crippen molar-refractivity contribution in [1.82, 2.24) is 10.3 Å². The van der Waals surface area contributed by atoms with E-state index in [1.165, 1.54) is 0 Å². The minimum Gasteiger partial charge on any atom is -0.481 e. The normalized spacial score (nSPS) is 31.1. The maximum Gasteiger partial charge on any atom is 0.307 e. The van der Waals surface area contributed by atoms with Crippen LogP contribution in [-0.2, 0) is 9.59 Å². The summed E-state index contributed by atoms with van der Waals surface area (Å²) in [5.41, 5.74) is 0.962. The molecule has 2 aliphatic carbocycles. The van der Waals surface area contributed by atoms with Crippen molar-refractivity contribution in [1.29, 1.82) is 0 Å². The van der Waals surface area contributed by atoms with Crippen LogP contribution < -0.4 is 5.32 Å². The van der Waals surface area contributed by atoms with Gasteiger partial charge < -0.3 is 10.4 Å². The number of fused-ring (bicyclic) bond motifs is 2. The van der Waals surface area contributed by atoms with Crippen molar-refractivity contribution in [3.63, 3.8) is 0 Å². The molecule has 2 bridgehead atoms. The summed E-state index contributed by atoms with van der Waals surface area (Å²) in [7, 11) is 0. The Hall–Kier alpha value is -2.17. The minimum absolute atomic E-state index is 0.000480. The summed E-state index contributed by atoms with van der Waals surface area (Å²) < 4.78 is 0. The highest BCUT2D eigenvalue weighted by atomic mass is 16.4. The number of carbonyl (C=O) groups excluding carboxylic acids is 1. The number of allylic oxidation sites excluding steroid dienone is 2. The molecule has 0 saturated heterocycles. The number of hydrogen-bond acceptors (Lipinski definition) is 3. The second kappa shape index (κ2) is 5.31. The summed E-state index contributed by atoms with van der Waals surface area (Å²) in [6.07, 6.45) is 8.07. The van der Waals surface area contributed by atoms with Crippen molar-refractivity contribution < 1.29 is 14.7 Å². The third kappa shape index (κ3) is 2.44. The number of aromatic nitrogens is 1. The zero-order chi connectivity index (χ0) is 15.0. The van der Waals surface area contributed by atoms with Gasteiger partial charge in [0.1, 0.15) is 0 Å². The highest BCUT2D eigenvalue weighted by Gasteiger charge is 2.51. The molecule has 0 unspecified atom stereocenters. The van der Waals surface area contributed by atoms with Crippen molar-refractivity contribution in [3.05, 3.63) is 42.2 Å². The summed E-state index contributed by atoms with van der Waals surface area (Å²) in [6.45, 7) is 1.89. The van der Waals surface area contributed by atoms with Gasteiger partial charge in [0.05, 0.1) is 17.9 Å². The van der Waals surface area contributed by atoms with E-state index in [9.17, 15) is 14.7 Å². The predicted octanol–water partition coefficient (Wildman–Crippen LogP) is 1.78. The van der Waals surface area contributed by atoms with Gasteiger partial charge in [-0.2, -0.15) is 0 Å². The molecular formula is C16H18N2O3. The van der Waals surface area contributed by atoms with E-state index in [1.807, 2.05) is 31.2 Å². The molecule has 0 radical (unpaired) electrons. The average molecular weight is 286 g/mol. The summed E-state index contributed by atoms with van der Waals surface area (Å²) >= 11 is 0. The Labute approximate surface area is 123 Å². The molecule has 2 N–H and O–H groups in total. The fourth-order valence-corrected chi connectivity index (χ4v) is 3.56. The zero-order valence-electron chi connectivity index (χ0n) is 11.8. The number of carboxylic acid groups (broad SMARTS) is 1. The monoisotopic (exact) mass is 286 g/mol. The summed E-state index contributed by atoms with van der Waals surface area (Å²) in [6, 6.07) is 3.54. The number of rotatable bonds is 4. The topological polar surface area (TPSA) is 79.3 Å². The lowest BCUT2D eigenvalue weighted by Gasteiger charge is -2.25. The van der Waals surface area contributed by atoms with Crippen LogP contribution >= 0.6 is 0 Å². The van der Waals surface area contributed by atoms with Gasteiger partial charge in [0.25, 0.3) is 0 Å². The van der Waals surface area contributed by atoms with Gasteiger partial charge in [0.2, 0.25) is 5.91 Å². The molecule has 1 heterocycles. The SMILES string of the molecule is C[C@@H](NC(=O)[C@H]1[C@@H](C(=O)O)[C@H]2C=C[C@@H]1C2)c1ccncc1. The molecule has 5 atom stereocenters. The van der Waals surface area contributed by atoms with Crippen molar-refractivity contribution in [3.8, 4) is 0 Å². The molecule has 1 saturated carbocycles. The Morgan fingerprint density at radius 1 is 1.24 bits per heavy atom. The van der Waals surface area contributed by atoms with Crippen LogP contribution in [0.3, 0.4) is 0 Å². The minimum atomic E-state index is -0.872. The Bertz CT molecular complexity index is 584. The van der Waals surface area contributed by atoms with Gasteiger partial charge in [0, 0.05) is 12.4 Å². The molecule has 1 aromatic heterocycles. The number of nitrogens with one attached hydrogen (secondary N) is 1. The molecule has 5 nitrogen and oxygen atoms in total. The van der Waals surface area contributed by atoms with Crippen LogP contribution in [0.5, 0.6) is 0 Å². The van der Waals surface area contributed by atoms with E-state index in [0.717, 1.165) is 12.0 Å². The Morgan fingerprint density at radius 2 is 1.86 bits per heavy atom. The van der Waals surface area contributed by atoms with Crippen LogP contribution in [-0.4, -0.2) is 22.0 Å². The average Bonchev–Trinajstić information content (AvgIpc) is 3.08. The van der Waals surface area contributed by atoms with E-state index in [2.05, 4.69) is 10.3 Å². The van der Waals surface area contributed by atoms with E-state index >= 15 is 0 Å². The second-order valence-electron chi connectivity index (χ2n) is 5.85. The van der Waals surface area contributed by atoms with E-state index in [1.54, 1.807) is 12.4 Å². The molecule has 3 rings (SSSR count). The number of hydrogen-bond donors (Lipinski definition) is 2. The van der Waals surface area contributed by atoms with Crippen LogP contribution in [0.2, 0.25) is 0 Å². The lowest BCUT2D eigenvalue weighted by Crippen LogP contribution is -2.41. The second-order valence-corrected chi connectivity index (χ2v) is 5.85. The molecule has 1 amide bonds. The van der Waals surface area contributed by atoms with E-state index in [4.69, 9.17) is 0 Å². The van der Waals surface area contributed by atoms with E-state index < -0.39 is 17.8 Å². The first-order valence-corrected chi connectivity index (χ1v) is 7.19. The van der Waals surface area contributed by atoms with Gasteiger partial charge in [-0.15, -0.1) is 0 Å². The maximum absolute atomic E-state index is 12.5. The molecule has 0 aliphatic heterocycles. The smallest absolute Gasteiger partial charge is 0.307 e. The highest BCUT2D eigenvalue weighted by Crippen LogP contribution is 2.48. The standard InChI is InChI=1S/C16H18N2O3/c1-9(10-4-6-17-7-5-10)18-15(19)13-11-2-3-12(8-11)14(13)16(20)21/h2-7,9,11-14H,8H2,1H3,(H,18,19)(H,20,21)/t9-,11-,12+,13-,14+/m1/s1. The third-order valence-corrected chi connectivity index (χ3v) is 4.61. The van der Waals surface area contributed by atoms with Crippen LogP contribution in [0.15, 0.2) is 36.7 Å². The number of carboxylic acids is 1. The lowest BCUT2D eigenvalue weighted by molar-refractivity contribution is -0.148. The van der Waals surface area contributed by atoms with Gasteiger partial charge in [-0.25, -0.2) is 0 Å². The Balaban J connectivity index is 1.73. The van der Waals surface area contributed by atoms with Crippen molar-refractivity contribution in [2.24, 2.45) is 23.7 Å². The molecule has 1 aromatic rings. The van der Waals surface area contributed by atoms with Crippen molar-refractivity contribution in [2.45, 2.75) is 19.4 Å². The maximum atomic E-state index is 12.5. The van der Waals surface area contributed by atoms with Gasteiger partial charge in [-0.1, -0.05) is 12.2 Å². The molecule has 5 heteroatoms. The first kappa shape index (κ1) is 13.8. The van der Waals surface area contributed by atoms with Gasteiger partial charge in [0.15, 0.2) is 0 Å². The number of nitrogens with zero attached hydrogens (tertiary/aromatic N) is 1. The van der Waals surface area contributed by atoms with Crippen molar-refractivity contribution in [2.75, 3.05) is 0 Å². The van der Waals surface area contributed by atoms with Crippen LogP contribution in [0.25, 0.3) is 0 Å². The highest BCUT2D eigenvalue weighted by molar-refractivity contribution is 5.87. The van der Waals surface area contributed by atoms with Crippen LogP contribution in [0.4, 0.5) is 0 Å². The molecule has 2 aliphatic rings. The lowest BCUT2D eigenvalue weighted by atomic mass is 9.82. The molecule has 0 spiro atoms. The molecule has 1 fully saturated rings. The Morgan fingerprint density at radius 3 is 2.48 bits per heavy atom. The van der Waals surface area contributed by atoms with Gasteiger partial charge in [-0.05, 0) is 42.9 Å². The molecular weight excluding hydrogens is 268 g/mol. The fourth-order valence-electron chi connectivity index (χ4n) is 3.56.